The Morgan fingerprint density at radius 1 is 1.48 bits per heavy atom. The van der Waals surface area contributed by atoms with Crippen LogP contribution in [0.1, 0.15) is 47.4 Å². The molecular weight excluding hydrogens is 268 g/mol. The van der Waals surface area contributed by atoms with E-state index in [1.54, 1.807) is 13.1 Å². The van der Waals surface area contributed by atoms with Gasteiger partial charge in [0.25, 0.3) is 0 Å². The highest BCUT2D eigenvalue weighted by Crippen LogP contribution is 2.41. The lowest BCUT2D eigenvalue weighted by Crippen LogP contribution is -2.11. The number of esters is 1. The predicted molar refractivity (Wildman–Crippen MR) is 75.9 cm³/mol. The first-order valence-electron chi connectivity index (χ1n) is 7.29. The summed E-state index contributed by atoms with van der Waals surface area (Å²) in [5.41, 5.74) is 2.45. The van der Waals surface area contributed by atoms with E-state index in [1.165, 1.54) is 0 Å². The molecule has 2 aromatic heterocycles. The van der Waals surface area contributed by atoms with E-state index in [2.05, 4.69) is 15.3 Å². The first kappa shape index (κ1) is 13.7. The van der Waals surface area contributed by atoms with Crippen molar-refractivity contribution in [1.82, 2.24) is 20.0 Å². The fourth-order valence-corrected chi connectivity index (χ4v) is 2.37. The highest BCUT2D eigenvalue weighted by atomic mass is 16.5. The zero-order chi connectivity index (χ0) is 14.7. The Kier molecular flexibility index (Phi) is 3.94. The van der Waals surface area contributed by atoms with Crippen LogP contribution < -0.4 is 0 Å². The Bertz CT molecular complexity index is 620. The molecule has 21 heavy (non-hydrogen) atoms. The number of pyridine rings is 1. The second-order valence-electron chi connectivity index (χ2n) is 5.15. The van der Waals surface area contributed by atoms with Gasteiger partial charge in [-0.3, -0.25) is 4.98 Å². The third-order valence-electron chi connectivity index (χ3n) is 3.54. The highest BCUT2D eigenvalue weighted by molar-refractivity contribution is 5.88. The van der Waals surface area contributed by atoms with Gasteiger partial charge in [-0.25, -0.2) is 9.48 Å². The fraction of sp³-hybridized carbons (Fsp3) is 0.467. The molecule has 1 aliphatic carbocycles. The Balaban J connectivity index is 1.77. The van der Waals surface area contributed by atoms with Gasteiger partial charge in [-0.05, 0) is 37.8 Å². The average Bonchev–Trinajstić information content (AvgIpc) is 3.26. The summed E-state index contributed by atoms with van der Waals surface area (Å²) in [7, 11) is 0. The normalized spacial score (nSPS) is 14.1. The Morgan fingerprint density at radius 2 is 2.33 bits per heavy atom. The van der Waals surface area contributed by atoms with Crippen LogP contribution >= 0.6 is 0 Å². The standard InChI is InChI=1S/C15H18N4O2/c1-2-21-15(20)13-14(12-5-6-12)19(18-17-13)9-7-11-4-3-8-16-10-11/h3-4,8,10,12H,2,5-7,9H2,1H3. The SMILES string of the molecule is CCOC(=O)c1nnn(CCc2cccnc2)c1C1CC1. The summed E-state index contributed by atoms with van der Waals surface area (Å²) in [4.78, 5) is 16.0. The fourth-order valence-electron chi connectivity index (χ4n) is 2.37. The van der Waals surface area contributed by atoms with Gasteiger partial charge in [-0.15, -0.1) is 5.10 Å². The summed E-state index contributed by atoms with van der Waals surface area (Å²) in [6, 6.07) is 3.95. The largest absolute Gasteiger partial charge is 0.461 e. The number of hydrogen-bond acceptors (Lipinski definition) is 5. The lowest BCUT2D eigenvalue weighted by Gasteiger charge is -2.07. The maximum Gasteiger partial charge on any atom is 0.360 e. The van der Waals surface area contributed by atoms with Crippen molar-refractivity contribution >= 4 is 5.97 Å². The molecule has 2 heterocycles. The lowest BCUT2D eigenvalue weighted by atomic mass is 10.2. The highest BCUT2D eigenvalue weighted by Gasteiger charge is 2.34. The lowest BCUT2D eigenvalue weighted by molar-refractivity contribution is 0.0518. The van der Waals surface area contributed by atoms with E-state index < -0.39 is 0 Å². The topological polar surface area (TPSA) is 69.9 Å². The molecule has 0 aliphatic heterocycles. The number of carbonyl (C=O) groups excluding carboxylic acids is 1. The third kappa shape index (κ3) is 3.09. The van der Waals surface area contributed by atoms with E-state index in [0.29, 0.717) is 24.8 Å². The van der Waals surface area contributed by atoms with Gasteiger partial charge >= 0.3 is 5.97 Å². The van der Waals surface area contributed by atoms with E-state index in [4.69, 9.17) is 4.74 Å². The molecule has 6 heteroatoms. The van der Waals surface area contributed by atoms with Crippen molar-refractivity contribution in [3.63, 3.8) is 0 Å². The van der Waals surface area contributed by atoms with Crippen LogP contribution in [0.5, 0.6) is 0 Å². The number of carbonyl (C=O) groups is 1. The first-order valence-corrected chi connectivity index (χ1v) is 7.29. The molecule has 1 fully saturated rings. The molecule has 0 spiro atoms. The molecule has 1 aliphatic rings. The predicted octanol–water partition coefficient (Wildman–Crippen LogP) is 1.97. The maximum atomic E-state index is 11.9. The van der Waals surface area contributed by atoms with Crippen molar-refractivity contribution < 1.29 is 9.53 Å². The van der Waals surface area contributed by atoms with Gasteiger partial charge in [0.1, 0.15) is 0 Å². The molecular formula is C15H18N4O2. The summed E-state index contributed by atoms with van der Waals surface area (Å²) in [5, 5.41) is 8.17. The number of aromatic nitrogens is 4. The van der Waals surface area contributed by atoms with Gasteiger partial charge < -0.3 is 4.74 Å². The van der Waals surface area contributed by atoms with Crippen LogP contribution in [0.15, 0.2) is 24.5 Å². The molecule has 3 rings (SSSR count). The maximum absolute atomic E-state index is 11.9. The molecule has 0 unspecified atom stereocenters. The van der Waals surface area contributed by atoms with Crippen LogP contribution in [-0.2, 0) is 17.7 Å². The molecule has 110 valence electrons. The van der Waals surface area contributed by atoms with Gasteiger partial charge in [0.15, 0.2) is 5.69 Å². The Hall–Kier alpha value is -2.24. The summed E-state index contributed by atoms with van der Waals surface area (Å²) in [6.07, 6.45) is 6.60. The van der Waals surface area contributed by atoms with Crippen LogP contribution in [0.25, 0.3) is 0 Å². The molecule has 0 saturated heterocycles. The minimum atomic E-state index is -0.368. The van der Waals surface area contributed by atoms with E-state index in [-0.39, 0.29) is 5.97 Å². The van der Waals surface area contributed by atoms with Crippen molar-refractivity contribution in [3.8, 4) is 0 Å². The van der Waals surface area contributed by atoms with E-state index in [0.717, 1.165) is 30.5 Å². The monoisotopic (exact) mass is 286 g/mol. The summed E-state index contributed by atoms with van der Waals surface area (Å²) in [6.45, 7) is 2.84. The zero-order valence-corrected chi connectivity index (χ0v) is 12.0. The Labute approximate surface area is 123 Å². The van der Waals surface area contributed by atoms with Crippen LogP contribution in [0, 0.1) is 0 Å². The number of nitrogens with zero attached hydrogens (tertiary/aromatic N) is 4. The molecule has 0 radical (unpaired) electrons. The van der Waals surface area contributed by atoms with Crippen molar-refractivity contribution in [2.75, 3.05) is 6.61 Å². The molecule has 0 atom stereocenters. The minimum absolute atomic E-state index is 0.353. The molecule has 0 amide bonds. The minimum Gasteiger partial charge on any atom is -0.461 e. The average molecular weight is 286 g/mol. The molecule has 2 aromatic rings. The quantitative estimate of drug-likeness (QED) is 0.759. The van der Waals surface area contributed by atoms with Crippen LogP contribution in [0.2, 0.25) is 0 Å². The van der Waals surface area contributed by atoms with Crippen molar-refractivity contribution in [2.24, 2.45) is 0 Å². The van der Waals surface area contributed by atoms with Crippen molar-refractivity contribution in [3.05, 3.63) is 41.5 Å². The van der Waals surface area contributed by atoms with Gasteiger partial charge in [-0.1, -0.05) is 11.3 Å². The van der Waals surface area contributed by atoms with Crippen molar-refractivity contribution in [2.45, 2.75) is 38.6 Å². The second kappa shape index (κ2) is 6.03. The summed E-state index contributed by atoms with van der Waals surface area (Å²) >= 11 is 0. The number of ether oxygens (including phenoxy) is 1. The third-order valence-corrected chi connectivity index (χ3v) is 3.54. The van der Waals surface area contributed by atoms with Crippen LogP contribution in [0.4, 0.5) is 0 Å². The molecule has 0 aromatic carbocycles. The van der Waals surface area contributed by atoms with E-state index in [9.17, 15) is 4.79 Å². The van der Waals surface area contributed by atoms with Gasteiger partial charge in [0.05, 0.1) is 12.3 Å². The van der Waals surface area contributed by atoms with Gasteiger partial charge in [-0.2, -0.15) is 0 Å². The second-order valence-corrected chi connectivity index (χ2v) is 5.15. The summed E-state index contributed by atoms with van der Waals surface area (Å²) < 4.78 is 6.90. The van der Waals surface area contributed by atoms with Gasteiger partial charge in [0.2, 0.25) is 0 Å². The van der Waals surface area contributed by atoms with E-state index >= 15 is 0 Å². The van der Waals surface area contributed by atoms with Crippen LogP contribution in [-0.4, -0.2) is 32.6 Å². The van der Waals surface area contributed by atoms with E-state index in [1.807, 2.05) is 23.0 Å². The number of rotatable bonds is 6. The zero-order valence-electron chi connectivity index (χ0n) is 12.0. The Morgan fingerprint density at radius 3 is 3.00 bits per heavy atom. The smallest absolute Gasteiger partial charge is 0.360 e. The van der Waals surface area contributed by atoms with Crippen LogP contribution in [0.3, 0.4) is 0 Å². The molecule has 0 bridgehead atoms. The molecule has 1 saturated carbocycles. The first-order chi connectivity index (χ1) is 10.3. The van der Waals surface area contributed by atoms with Gasteiger partial charge in [0, 0.05) is 24.9 Å². The number of hydrogen-bond donors (Lipinski definition) is 0. The number of aryl methyl sites for hydroxylation is 2. The summed E-state index contributed by atoms with van der Waals surface area (Å²) in [5.74, 6) is 0.0281. The molecule has 0 N–H and O–H groups in total. The molecule has 6 nitrogen and oxygen atoms in total. The van der Waals surface area contributed by atoms with Crippen molar-refractivity contribution in [1.29, 1.82) is 0 Å².